The first kappa shape index (κ1) is 19.4. The number of fused-ring (bicyclic) bond motifs is 1. The molecule has 0 aliphatic heterocycles. The van der Waals surface area contributed by atoms with Gasteiger partial charge < -0.3 is 14.8 Å². The van der Waals surface area contributed by atoms with Crippen LogP contribution < -0.4 is 10.1 Å². The van der Waals surface area contributed by atoms with E-state index in [1.54, 1.807) is 25.1 Å². The molecule has 0 heterocycles. The second kappa shape index (κ2) is 8.57. The molecule has 5 nitrogen and oxygen atoms in total. The zero-order valence-electron chi connectivity index (χ0n) is 16.2. The number of hydrogen-bond donors (Lipinski definition) is 1. The lowest BCUT2D eigenvalue weighted by Gasteiger charge is -2.19. The second-order valence-electron chi connectivity index (χ2n) is 6.45. The van der Waals surface area contributed by atoms with Crippen LogP contribution in [-0.4, -0.2) is 25.1 Å². The number of anilines is 1. The zero-order chi connectivity index (χ0) is 20.1. The Morgan fingerprint density at radius 2 is 1.71 bits per heavy atom. The summed E-state index contributed by atoms with van der Waals surface area (Å²) in [5, 5.41) is 4.89. The first-order valence-electron chi connectivity index (χ1n) is 9.18. The largest absolute Gasteiger partial charge is 0.480 e. The summed E-state index contributed by atoms with van der Waals surface area (Å²) in [6.07, 6.45) is -0.155. The highest BCUT2D eigenvalue weighted by atomic mass is 16.5. The summed E-state index contributed by atoms with van der Waals surface area (Å²) in [4.78, 5) is 24.7. The Labute approximate surface area is 164 Å². The van der Waals surface area contributed by atoms with Crippen LogP contribution >= 0.6 is 0 Å². The van der Waals surface area contributed by atoms with E-state index in [0.717, 1.165) is 10.8 Å². The van der Waals surface area contributed by atoms with Crippen molar-refractivity contribution in [3.8, 4) is 5.75 Å². The highest BCUT2D eigenvalue weighted by molar-refractivity contribution is 5.98. The van der Waals surface area contributed by atoms with Gasteiger partial charge in [-0.3, -0.25) is 4.79 Å². The van der Waals surface area contributed by atoms with Crippen molar-refractivity contribution in [3.63, 3.8) is 0 Å². The molecule has 1 amide bonds. The Morgan fingerprint density at radius 1 is 1.00 bits per heavy atom. The highest BCUT2D eigenvalue weighted by Gasteiger charge is 2.21. The molecule has 0 fully saturated rings. The summed E-state index contributed by atoms with van der Waals surface area (Å²) in [6, 6.07) is 18.8. The number of carbonyl (C=O) groups is 2. The molecule has 0 aliphatic rings. The van der Waals surface area contributed by atoms with Gasteiger partial charge in [0.05, 0.1) is 12.7 Å². The van der Waals surface area contributed by atoms with Crippen LogP contribution in [0.5, 0.6) is 5.75 Å². The summed E-state index contributed by atoms with van der Waals surface area (Å²) in [7, 11) is 1.33. The van der Waals surface area contributed by atoms with Crippen molar-refractivity contribution in [2.75, 3.05) is 12.4 Å². The SMILES string of the molecule is CC[C@@H](Oc1cccc2ccccc12)C(=O)Nc1cccc(C(=O)OC)c1C. The van der Waals surface area contributed by atoms with Crippen molar-refractivity contribution in [3.05, 3.63) is 71.8 Å². The molecule has 1 N–H and O–H groups in total. The van der Waals surface area contributed by atoms with Gasteiger partial charge in [0, 0.05) is 11.1 Å². The third kappa shape index (κ3) is 3.98. The molecule has 0 saturated heterocycles. The van der Waals surface area contributed by atoms with Crippen molar-refractivity contribution in [2.45, 2.75) is 26.4 Å². The number of methoxy groups -OCH3 is 1. The number of rotatable bonds is 6. The summed E-state index contributed by atoms with van der Waals surface area (Å²) in [5.41, 5.74) is 1.64. The van der Waals surface area contributed by atoms with Gasteiger partial charge >= 0.3 is 5.97 Å². The van der Waals surface area contributed by atoms with Gasteiger partial charge in [0.2, 0.25) is 0 Å². The van der Waals surface area contributed by atoms with E-state index in [4.69, 9.17) is 9.47 Å². The fourth-order valence-corrected chi connectivity index (χ4v) is 3.09. The predicted octanol–water partition coefficient (Wildman–Crippen LogP) is 4.73. The summed E-state index contributed by atoms with van der Waals surface area (Å²) >= 11 is 0. The quantitative estimate of drug-likeness (QED) is 0.631. The van der Waals surface area contributed by atoms with Crippen LogP contribution in [0.3, 0.4) is 0 Å². The van der Waals surface area contributed by atoms with E-state index >= 15 is 0 Å². The minimum absolute atomic E-state index is 0.263. The number of carbonyl (C=O) groups excluding carboxylic acids is 2. The number of esters is 1. The van der Waals surface area contributed by atoms with Crippen LogP contribution in [0.1, 0.15) is 29.3 Å². The Hall–Kier alpha value is -3.34. The van der Waals surface area contributed by atoms with E-state index in [2.05, 4.69) is 5.32 Å². The van der Waals surface area contributed by atoms with Crippen LogP contribution in [0.2, 0.25) is 0 Å². The number of hydrogen-bond acceptors (Lipinski definition) is 4. The van der Waals surface area contributed by atoms with E-state index in [0.29, 0.717) is 29.0 Å². The maximum Gasteiger partial charge on any atom is 0.338 e. The minimum Gasteiger partial charge on any atom is -0.480 e. The highest BCUT2D eigenvalue weighted by Crippen LogP contribution is 2.27. The molecule has 1 atom stereocenters. The van der Waals surface area contributed by atoms with E-state index in [1.807, 2.05) is 49.4 Å². The molecule has 0 radical (unpaired) electrons. The van der Waals surface area contributed by atoms with Gasteiger partial charge in [0.1, 0.15) is 5.75 Å². The predicted molar refractivity (Wildman–Crippen MR) is 110 cm³/mol. The van der Waals surface area contributed by atoms with E-state index < -0.39 is 12.1 Å². The van der Waals surface area contributed by atoms with Crippen molar-refractivity contribution in [1.29, 1.82) is 0 Å². The van der Waals surface area contributed by atoms with Gasteiger partial charge in [-0.1, -0.05) is 49.4 Å². The number of amides is 1. The maximum absolute atomic E-state index is 12.8. The van der Waals surface area contributed by atoms with Crippen molar-refractivity contribution in [1.82, 2.24) is 0 Å². The Morgan fingerprint density at radius 3 is 2.46 bits per heavy atom. The third-order valence-electron chi connectivity index (χ3n) is 4.68. The molecule has 0 unspecified atom stereocenters. The molecule has 3 rings (SSSR count). The van der Waals surface area contributed by atoms with E-state index in [1.165, 1.54) is 7.11 Å². The number of nitrogens with one attached hydrogen (secondary N) is 1. The van der Waals surface area contributed by atoms with Crippen LogP contribution in [0, 0.1) is 6.92 Å². The van der Waals surface area contributed by atoms with Gasteiger partial charge in [-0.25, -0.2) is 4.79 Å². The van der Waals surface area contributed by atoms with Crippen molar-refractivity contribution in [2.24, 2.45) is 0 Å². The molecular weight excluding hydrogens is 354 g/mol. The van der Waals surface area contributed by atoms with Crippen molar-refractivity contribution >= 4 is 28.3 Å². The van der Waals surface area contributed by atoms with Crippen LogP contribution in [0.15, 0.2) is 60.7 Å². The van der Waals surface area contributed by atoms with E-state index in [-0.39, 0.29) is 5.91 Å². The molecular formula is C23H23NO4. The standard InChI is InChI=1S/C23H23NO4/c1-4-20(28-21-14-7-10-16-9-5-6-11-18(16)21)22(25)24-19-13-8-12-17(15(19)2)23(26)27-3/h5-14,20H,4H2,1-3H3,(H,24,25)/t20-/m1/s1. The van der Waals surface area contributed by atoms with Crippen LogP contribution in [-0.2, 0) is 9.53 Å². The zero-order valence-corrected chi connectivity index (χ0v) is 16.2. The first-order chi connectivity index (χ1) is 13.5. The second-order valence-corrected chi connectivity index (χ2v) is 6.45. The first-order valence-corrected chi connectivity index (χ1v) is 9.18. The molecule has 28 heavy (non-hydrogen) atoms. The monoisotopic (exact) mass is 377 g/mol. The van der Waals surface area contributed by atoms with Gasteiger partial charge in [0.25, 0.3) is 5.91 Å². The summed E-state index contributed by atoms with van der Waals surface area (Å²) in [5.74, 6) is -0.0340. The molecule has 5 heteroatoms. The molecule has 0 saturated carbocycles. The van der Waals surface area contributed by atoms with Crippen LogP contribution in [0.4, 0.5) is 5.69 Å². The summed E-state index contributed by atoms with van der Waals surface area (Å²) in [6.45, 7) is 3.67. The lowest BCUT2D eigenvalue weighted by molar-refractivity contribution is -0.122. The molecule has 0 spiro atoms. The fourth-order valence-electron chi connectivity index (χ4n) is 3.09. The average Bonchev–Trinajstić information content (AvgIpc) is 2.72. The average molecular weight is 377 g/mol. The minimum atomic E-state index is -0.660. The van der Waals surface area contributed by atoms with Gasteiger partial charge in [0.15, 0.2) is 6.10 Å². The summed E-state index contributed by atoms with van der Waals surface area (Å²) < 4.78 is 10.8. The molecule has 0 aliphatic carbocycles. The van der Waals surface area contributed by atoms with Crippen LogP contribution in [0.25, 0.3) is 10.8 Å². The Kier molecular flexibility index (Phi) is 5.94. The van der Waals surface area contributed by atoms with Gasteiger partial charge in [-0.2, -0.15) is 0 Å². The number of ether oxygens (including phenoxy) is 2. The third-order valence-corrected chi connectivity index (χ3v) is 4.68. The smallest absolute Gasteiger partial charge is 0.338 e. The maximum atomic E-state index is 12.8. The lowest BCUT2D eigenvalue weighted by Crippen LogP contribution is -2.32. The van der Waals surface area contributed by atoms with E-state index in [9.17, 15) is 9.59 Å². The molecule has 3 aromatic rings. The van der Waals surface area contributed by atoms with Crippen molar-refractivity contribution < 1.29 is 19.1 Å². The normalized spacial score (nSPS) is 11.7. The molecule has 0 bridgehead atoms. The Bertz CT molecular complexity index is 1010. The molecule has 3 aromatic carbocycles. The molecule has 144 valence electrons. The number of benzene rings is 3. The lowest BCUT2D eigenvalue weighted by atomic mass is 10.1. The fraction of sp³-hybridized carbons (Fsp3) is 0.217. The topological polar surface area (TPSA) is 64.6 Å². The molecule has 0 aromatic heterocycles. The van der Waals surface area contributed by atoms with Gasteiger partial charge in [-0.05, 0) is 42.5 Å². The van der Waals surface area contributed by atoms with Gasteiger partial charge in [-0.15, -0.1) is 0 Å². The Balaban J connectivity index is 1.82.